The van der Waals surface area contributed by atoms with Crippen LogP contribution in [0.25, 0.3) is 0 Å². The number of carbonyl (C=O) groups is 1. The van der Waals surface area contributed by atoms with Crippen LogP contribution in [-0.4, -0.2) is 36.3 Å². The van der Waals surface area contributed by atoms with Crippen LogP contribution in [0.3, 0.4) is 0 Å². The molecule has 1 N–H and O–H groups in total. The van der Waals surface area contributed by atoms with Crippen LogP contribution in [-0.2, 0) is 17.8 Å². The quantitative estimate of drug-likeness (QED) is 0.868. The molecule has 0 aromatic carbocycles. The summed E-state index contributed by atoms with van der Waals surface area (Å²) in [5, 5.41) is 6.94. The summed E-state index contributed by atoms with van der Waals surface area (Å²) in [4.78, 5) is 14.4. The number of rotatable bonds is 6. The summed E-state index contributed by atoms with van der Waals surface area (Å²) in [5.41, 5.74) is 1.94. The molecular weight excluding hydrogens is 322 g/mol. The Morgan fingerprint density at radius 1 is 1.44 bits per heavy atom. The lowest BCUT2D eigenvalue weighted by Crippen LogP contribution is -2.40. The Labute approximate surface area is 147 Å². The molecule has 2 aromatic heterocycles. The molecule has 7 heteroatoms. The fraction of sp³-hybridized carbons (Fsp3) is 0.556. The third-order valence-corrected chi connectivity index (χ3v) is 4.64. The van der Waals surface area contributed by atoms with Gasteiger partial charge in [-0.25, -0.2) is 4.79 Å². The van der Waals surface area contributed by atoms with Gasteiger partial charge in [0.15, 0.2) is 0 Å². The molecule has 0 unspecified atom stereocenters. The number of amides is 2. The number of hydrogen-bond donors (Lipinski definition) is 1. The van der Waals surface area contributed by atoms with Crippen LogP contribution in [0.1, 0.15) is 47.4 Å². The second kappa shape index (κ2) is 7.74. The number of carbonyl (C=O) groups excluding carboxylic acids is 1. The van der Waals surface area contributed by atoms with Gasteiger partial charge in [-0.1, -0.05) is 5.16 Å². The van der Waals surface area contributed by atoms with Crippen molar-refractivity contribution < 1.29 is 18.5 Å². The van der Waals surface area contributed by atoms with E-state index in [1.807, 2.05) is 30.9 Å². The maximum absolute atomic E-state index is 12.6. The highest BCUT2D eigenvalue weighted by molar-refractivity contribution is 5.75. The average molecular weight is 347 g/mol. The van der Waals surface area contributed by atoms with Gasteiger partial charge in [0.1, 0.15) is 23.9 Å². The van der Waals surface area contributed by atoms with Gasteiger partial charge in [-0.3, -0.25) is 0 Å². The molecule has 0 radical (unpaired) electrons. The lowest BCUT2D eigenvalue weighted by Gasteiger charge is -2.23. The zero-order valence-corrected chi connectivity index (χ0v) is 15.0. The number of aromatic nitrogens is 1. The topological polar surface area (TPSA) is 80.7 Å². The molecule has 3 heterocycles. The summed E-state index contributed by atoms with van der Waals surface area (Å²) in [6, 6.07) is 3.78. The molecule has 0 saturated carbocycles. The average Bonchev–Trinajstić information content (AvgIpc) is 3.30. The second-order valence-electron chi connectivity index (χ2n) is 6.37. The van der Waals surface area contributed by atoms with E-state index in [0.717, 1.165) is 47.9 Å². The monoisotopic (exact) mass is 347 g/mol. The number of likely N-dealkylation sites (tertiary alicyclic amines) is 1. The highest BCUT2D eigenvalue weighted by Crippen LogP contribution is 2.33. The molecule has 7 nitrogen and oxygen atoms in total. The minimum absolute atomic E-state index is 0.00956. The van der Waals surface area contributed by atoms with Crippen LogP contribution in [0.4, 0.5) is 4.79 Å². The van der Waals surface area contributed by atoms with E-state index in [0.29, 0.717) is 19.6 Å². The van der Waals surface area contributed by atoms with E-state index in [1.165, 1.54) is 0 Å². The molecule has 0 spiro atoms. The molecule has 1 atom stereocenters. The number of furan rings is 1. The van der Waals surface area contributed by atoms with Crippen LogP contribution in [0, 0.1) is 13.8 Å². The van der Waals surface area contributed by atoms with Gasteiger partial charge >= 0.3 is 6.03 Å². The van der Waals surface area contributed by atoms with E-state index in [2.05, 4.69) is 10.5 Å². The Balaban J connectivity index is 1.57. The highest BCUT2D eigenvalue weighted by atomic mass is 16.5. The lowest BCUT2D eigenvalue weighted by molar-refractivity contribution is 0.156. The van der Waals surface area contributed by atoms with Crippen LogP contribution < -0.4 is 5.32 Å². The summed E-state index contributed by atoms with van der Waals surface area (Å²) in [6.45, 7) is 5.54. The summed E-state index contributed by atoms with van der Waals surface area (Å²) < 4.78 is 16.1. The SMILES string of the molecule is COCc1ccc([C@H]2CCCN2C(=O)NCCc2c(C)noc2C)o1. The number of methoxy groups -OCH3 is 1. The van der Waals surface area contributed by atoms with Crippen molar-refractivity contribution in [3.8, 4) is 0 Å². The Kier molecular flexibility index (Phi) is 5.43. The Hall–Kier alpha value is -2.28. The fourth-order valence-corrected chi connectivity index (χ4v) is 3.35. The lowest BCUT2D eigenvalue weighted by atomic mass is 10.1. The zero-order chi connectivity index (χ0) is 17.8. The fourth-order valence-electron chi connectivity index (χ4n) is 3.35. The van der Waals surface area contributed by atoms with Crippen molar-refractivity contribution in [3.63, 3.8) is 0 Å². The minimum atomic E-state index is -0.0565. The van der Waals surface area contributed by atoms with E-state index in [4.69, 9.17) is 13.7 Å². The van der Waals surface area contributed by atoms with Gasteiger partial charge in [0, 0.05) is 25.8 Å². The Bertz CT molecular complexity index is 702. The van der Waals surface area contributed by atoms with Gasteiger partial charge < -0.3 is 23.9 Å². The molecule has 2 amide bonds. The summed E-state index contributed by atoms with van der Waals surface area (Å²) in [6.07, 6.45) is 2.60. The van der Waals surface area contributed by atoms with E-state index in [-0.39, 0.29) is 12.1 Å². The predicted molar refractivity (Wildman–Crippen MR) is 91.2 cm³/mol. The third-order valence-electron chi connectivity index (χ3n) is 4.64. The normalized spacial score (nSPS) is 17.2. The molecule has 25 heavy (non-hydrogen) atoms. The van der Waals surface area contributed by atoms with Gasteiger partial charge in [-0.2, -0.15) is 0 Å². The van der Waals surface area contributed by atoms with Gasteiger partial charge in [0.05, 0.1) is 11.7 Å². The van der Waals surface area contributed by atoms with E-state index < -0.39 is 0 Å². The third kappa shape index (κ3) is 3.87. The highest BCUT2D eigenvalue weighted by Gasteiger charge is 2.32. The molecule has 2 aromatic rings. The Morgan fingerprint density at radius 3 is 3.00 bits per heavy atom. The first-order valence-corrected chi connectivity index (χ1v) is 8.64. The molecule has 1 fully saturated rings. The molecule has 1 aliphatic rings. The molecule has 1 aliphatic heterocycles. The van der Waals surface area contributed by atoms with Crippen molar-refractivity contribution in [1.82, 2.24) is 15.4 Å². The van der Waals surface area contributed by atoms with Crippen LogP contribution >= 0.6 is 0 Å². The van der Waals surface area contributed by atoms with Crippen molar-refractivity contribution in [2.24, 2.45) is 0 Å². The van der Waals surface area contributed by atoms with Crippen molar-refractivity contribution in [2.75, 3.05) is 20.2 Å². The first-order chi connectivity index (χ1) is 12.1. The molecule has 0 aliphatic carbocycles. The summed E-state index contributed by atoms with van der Waals surface area (Å²) >= 11 is 0. The van der Waals surface area contributed by atoms with Crippen LogP contribution in [0.2, 0.25) is 0 Å². The number of ether oxygens (including phenoxy) is 1. The van der Waals surface area contributed by atoms with E-state index in [1.54, 1.807) is 7.11 Å². The maximum atomic E-state index is 12.6. The number of aryl methyl sites for hydroxylation is 2. The Morgan fingerprint density at radius 2 is 2.28 bits per heavy atom. The first-order valence-electron chi connectivity index (χ1n) is 8.64. The molecule has 1 saturated heterocycles. The number of hydrogen-bond acceptors (Lipinski definition) is 5. The van der Waals surface area contributed by atoms with Crippen LogP contribution in [0.5, 0.6) is 0 Å². The van der Waals surface area contributed by atoms with Gasteiger partial charge in [-0.15, -0.1) is 0 Å². The smallest absolute Gasteiger partial charge is 0.318 e. The summed E-state index contributed by atoms with van der Waals surface area (Å²) in [5.74, 6) is 2.42. The molecule has 0 bridgehead atoms. The van der Waals surface area contributed by atoms with Gasteiger partial charge in [0.2, 0.25) is 0 Å². The molecule has 3 rings (SSSR count). The van der Waals surface area contributed by atoms with Gasteiger partial charge in [-0.05, 0) is 45.2 Å². The predicted octanol–water partition coefficient (Wildman–Crippen LogP) is 3.12. The first kappa shape index (κ1) is 17.5. The van der Waals surface area contributed by atoms with Crippen LogP contribution in [0.15, 0.2) is 21.1 Å². The summed E-state index contributed by atoms with van der Waals surface area (Å²) in [7, 11) is 1.64. The van der Waals surface area contributed by atoms with Crippen molar-refractivity contribution >= 4 is 6.03 Å². The maximum Gasteiger partial charge on any atom is 0.318 e. The van der Waals surface area contributed by atoms with Gasteiger partial charge in [0.25, 0.3) is 0 Å². The zero-order valence-electron chi connectivity index (χ0n) is 15.0. The number of nitrogens with one attached hydrogen (secondary N) is 1. The van der Waals surface area contributed by atoms with Crippen molar-refractivity contribution in [2.45, 2.75) is 45.8 Å². The standard InChI is InChI=1S/C18H25N3O4/c1-12-15(13(2)25-20-12)8-9-19-18(22)21-10-4-5-16(21)17-7-6-14(24-17)11-23-3/h6-7,16H,4-5,8-11H2,1-3H3,(H,19,22)/t16-/m1/s1. The minimum Gasteiger partial charge on any atom is -0.461 e. The van der Waals surface area contributed by atoms with Crippen molar-refractivity contribution in [3.05, 3.63) is 40.7 Å². The molecular formula is C18H25N3O4. The molecule has 136 valence electrons. The largest absolute Gasteiger partial charge is 0.461 e. The second-order valence-corrected chi connectivity index (χ2v) is 6.37. The number of urea groups is 1. The van der Waals surface area contributed by atoms with E-state index >= 15 is 0 Å². The number of nitrogens with zero attached hydrogens (tertiary/aromatic N) is 2. The van der Waals surface area contributed by atoms with E-state index in [9.17, 15) is 4.79 Å². The van der Waals surface area contributed by atoms with Crippen molar-refractivity contribution in [1.29, 1.82) is 0 Å².